The maximum absolute atomic E-state index is 11.3. The lowest BCUT2D eigenvalue weighted by Crippen LogP contribution is -2.31. The number of carbonyl (C=O) groups is 1. The molecule has 1 aromatic carbocycles. The summed E-state index contributed by atoms with van der Waals surface area (Å²) in [5, 5.41) is 9.32. The molecule has 1 fully saturated rings. The molecule has 0 aromatic heterocycles. The number of rotatable bonds is 3. The number of benzene rings is 1. The molecule has 1 heterocycles. The zero-order chi connectivity index (χ0) is 11.5. The second kappa shape index (κ2) is 4.97. The fourth-order valence-corrected chi connectivity index (χ4v) is 2.60. The lowest BCUT2D eigenvalue weighted by Gasteiger charge is -2.24. The highest BCUT2D eigenvalue weighted by molar-refractivity contribution is 9.10. The largest absolute Gasteiger partial charge is 0.480 e. The highest BCUT2D eigenvalue weighted by atomic mass is 79.9. The molecule has 0 aliphatic carbocycles. The van der Waals surface area contributed by atoms with Gasteiger partial charge in [-0.1, -0.05) is 28.1 Å². The van der Waals surface area contributed by atoms with Crippen LogP contribution in [0.2, 0.25) is 0 Å². The fourth-order valence-electron chi connectivity index (χ4n) is 2.19. The average Bonchev–Trinajstić information content (AvgIpc) is 2.71. The molecule has 0 spiro atoms. The van der Waals surface area contributed by atoms with Gasteiger partial charge in [-0.3, -0.25) is 9.69 Å². The third-order valence-corrected chi connectivity index (χ3v) is 3.40. The molecule has 2 rings (SSSR count). The number of hydrogen-bond acceptors (Lipinski definition) is 2. The van der Waals surface area contributed by atoms with Crippen LogP contribution < -0.4 is 0 Å². The van der Waals surface area contributed by atoms with Crippen LogP contribution in [-0.2, 0) is 4.79 Å². The number of aliphatic carboxylic acids is 1. The van der Waals surface area contributed by atoms with Crippen molar-refractivity contribution in [1.82, 2.24) is 4.90 Å². The van der Waals surface area contributed by atoms with Gasteiger partial charge in [-0.05, 0) is 43.6 Å². The number of hydrogen-bond donors (Lipinski definition) is 1. The van der Waals surface area contributed by atoms with Crippen LogP contribution in [0.25, 0.3) is 0 Å². The Balaban J connectivity index is 2.28. The van der Waals surface area contributed by atoms with Crippen LogP contribution >= 0.6 is 15.9 Å². The highest BCUT2D eigenvalue weighted by Crippen LogP contribution is 2.27. The van der Waals surface area contributed by atoms with E-state index >= 15 is 0 Å². The molecule has 1 saturated heterocycles. The van der Waals surface area contributed by atoms with Gasteiger partial charge in [-0.15, -0.1) is 0 Å². The lowest BCUT2D eigenvalue weighted by molar-refractivity contribution is -0.143. The first-order valence-electron chi connectivity index (χ1n) is 5.41. The summed E-state index contributed by atoms with van der Waals surface area (Å²) in [5.41, 5.74) is 0.851. The molecule has 0 saturated carbocycles. The monoisotopic (exact) mass is 283 g/mol. The number of halogens is 1. The van der Waals surface area contributed by atoms with Crippen molar-refractivity contribution in [2.24, 2.45) is 0 Å². The van der Waals surface area contributed by atoms with Crippen molar-refractivity contribution in [2.45, 2.75) is 18.9 Å². The maximum Gasteiger partial charge on any atom is 0.325 e. The molecule has 4 heteroatoms. The summed E-state index contributed by atoms with van der Waals surface area (Å²) in [6.07, 6.45) is 2.19. The van der Waals surface area contributed by atoms with Crippen LogP contribution in [0.15, 0.2) is 28.7 Å². The Morgan fingerprint density at radius 3 is 2.62 bits per heavy atom. The molecule has 3 nitrogen and oxygen atoms in total. The van der Waals surface area contributed by atoms with E-state index in [-0.39, 0.29) is 0 Å². The van der Waals surface area contributed by atoms with E-state index in [9.17, 15) is 9.90 Å². The molecule has 0 unspecified atom stereocenters. The third kappa shape index (κ3) is 2.44. The Labute approximate surface area is 103 Å². The first-order valence-corrected chi connectivity index (χ1v) is 6.20. The Bertz CT molecular complexity index is 388. The quantitative estimate of drug-likeness (QED) is 0.927. The van der Waals surface area contributed by atoms with E-state index in [1.807, 2.05) is 29.2 Å². The van der Waals surface area contributed by atoms with E-state index in [0.29, 0.717) is 0 Å². The third-order valence-electron chi connectivity index (χ3n) is 2.90. The Hall–Kier alpha value is -0.870. The van der Waals surface area contributed by atoms with Crippen molar-refractivity contribution in [3.8, 4) is 0 Å². The summed E-state index contributed by atoms with van der Waals surface area (Å²) < 4.78 is 0.926. The van der Waals surface area contributed by atoms with Gasteiger partial charge in [0.1, 0.15) is 6.04 Å². The van der Waals surface area contributed by atoms with Gasteiger partial charge >= 0.3 is 5.97 Å². The highest BCUT2D eigenvalue weighted by Gasteiger charge is 2.29. The maximum atomic E-state index is 11.3. The van der Waals surface area contributed by atoms with E-state index in [4.69, 9.17) is 0 Å². The SMILES string of the molecule is O=C(O)[C@H](c1cccc(Br)c1)N1CCCC1. The van der Waals surface area contributed by atoms with E-state index in [1.165, 1.54) is 0 Å². The summed E-state index contributed by atoms with van der Waals surface area (Å²) in [4.78, 5) is 13.4. The summed E-state index contributed by atoms with van der Waals surface area (Å²) in [7, 11) is 0. The molecule has 1 atom stereocenters. The molecule has 0 bridgehead atoms. The Kier molecular flexibility index (Phi) is 3.61. The van der Waals surface area contributed by atoms with Crippen molar-refractivity contribution in [1.29, 1.82) is 0 Å². The second-order valence-electron chi connectivity index (χ2n) is 4.04. The van der Waals surface area contributed by atoms with Crippen molar-refractivity contribution >= 4 is 21.9 Å². The predicted octanol–water partition coefficient (Wildman–Crippen LogP) is 2.67. The summed E-state index contributed by atoms with van der Waals surface area (Å²) >= 11 is 3.38. The van der Waals surface area contributed by atoms with Crippen LogP contribution in [0.5, 0.6) is 0 Å². The van der Waals surface area contributed by atoms with Crippen LogP contribution in [0.4, 0.5) is 0 Å². The molecule has 1 aliphatic rings. The van der Waals surface area contributed by atoms with E-state index in [0.717, 1.165) is 36.0 Å². The van der Waals surface area contributed by atoms with E-state index < -0.39 is 12.0 Å². The summed E-state index contributed by atoms with van der Waals surface area (Å²) in [5.74, 6) is -0.764. The molecule has 0 radical (unpaired) electrons. The van der Waals surface area contributed by atoms with Crippen molar-refractivity contribution in [3.63, 3.8) is 0 Å². The summed E-state index contributed by atoms with van der Waals surface area (Å²) in [6, 6.07) is 7.05. The number of nitrogens with zero attached hydrogens (tertiary/aromatic N) is 1. The number of likely N-dealkylation sites (tertiary alicyclic amines) is 1. The first-order chi connectivity index (χ1) is 7.68. The van der Waals surface area contributed by atoms with Gasteiger partial charge in [0.25, 0.3) is 0 Å². The van der Waals surface area contributed by atoms with Crippen LogP contribution in [-0.4, -0.2) is 29.1 Å². The smallest absolute Gasteiger partial charge is 0.325 e. The average molecular weight is 284 g/mol. The van der Waals surface area contributed by atoms with Gasteiger partial charge in [0.05, 0.1) is 0 Å². The predicted molar refractivity (Wildman–Crippen MR) is 65.3 cm³/mol. The first kappa shape index (κ1) is 11.6. The van der Waals surface area contributed by atoms with Crippen LogP contribution in [0, 0.1) is 0 Å². The van der Waals surface area contributed by atoms with Gasteiger partial charge in [-0.2, -0.15) is 0 Å². The molecule has 16 heavy (non-hydrogen) atoms. The second-order valence-corrected chi connectivity index (χ2v) is 4.95. The Morgan fingerprint density at radius 2 is 2.06 bits per heavy atom. The summed E-state index contributed by atoms with van der Waals surface area (Å²) in [6.45, 7) is 1.76. The minimum atomic E-state index is -0.764. The van der Waals surface area contributed by atoms with Gasteiger partial charge in [-0.25, -0.2) is 0 Å². The minimum absolute atomic E-state index is 0.500. The topological polar surface area (TPSA) is 40.5 Å². The van der Waals surface area contributed by atoms with E-state index in [1.54, 1.807) is 0 Å². The normalized spacial score (nSPS) is 18.6. The molecule has 1 N–H and O–H groups in total. The number of carboxylic acids is 1. The van der Waals surface area contributed by atoms with Crippen LogP contribution in [0.3, 0.4) is 0 Å². The molecule has 86 valence electrons. The molecular weight excluding hydrogens is 270 g/mol. The van der Waals surface area contributed by atoms with Crippen LogP contribution in [0.1, 0.15) is 24.4 Å². The van der Waals surface area contributed by atoms with E-state index in [2.05, 4.69) is 15.9 Å². The lowest BCUT2D eigenvalue weighted by atomic mass is 10.1. The van der Waals surface area contributed by atoms with Crippen molar-refractivity contribution in [2.75, 3.05) is 13.1 Å². The van der Waals surface area contributed by atoms with Gasteiger partial charge in [0.15, 0.2) is 0 Å². The van der Waals surface area contributed by atoms with Crippen molar-refractivity contribution in [3.05, 3.63) is 34.3 Å². The number of carboxylic acid groups (broad SMARTS) is 1. The minimum Gasteiger partial charge on any atom is -0.480 e. The standard InChI is InChI=1S/C12H14BrNO2/c13-10-5-3-4-9(8-10)11(12(15)16)14-6-1-2-7-14/h3-5,8,11H,1-2,6-7H2,(H,15,16)/t11-/m0/s1. The fraction of sp³-hybridized carbons (Fsp3) is 0.417. The molecule has 1 aliphatic heterocycles. The van der Waals surface area contributed by atoms with Gasteiger partial charge < -0.3 is 5.11 Å². The zero-order valence-corrected chi connectivity index (χ0v) is 10.5. The van der Waals surface area contributed by atoms with Gasteiger partial charge in [0, 0.05) is 4.47 Å². The van der Waals surface area contributed by atoms with Gasteiger partial charge in [0.2, 0.25) is 0 Å². The molecule has 0 amide bonds. The molecular formula is C12H14BrNO2. The van der Waals surface area contributed by atoms with Crippen molar-refractivity contribution < 1.29 is 9.90 Å². The Morgan fingerprint density at radius 1 is 1.38 bits per heavy atom. The molecule has 1 aromatic rings. The zero-order valence-electron chi connectivity index (χ0n) is 8.90.